The van der Waals surface area contributed by atoms with Crippen LogP contribution in [0.5, 0.6) is 0 Å². The first-order valence-electron chi connectivity index (χ1n) is 9.21. The molecule has 0 spiro atoms. The summed E-state index contributed by atoms with van der Waals surface area (Å²) in [5.74, 6) is -0.534. The van der Waals surface area contributed by atoms with Gasteiger partial charge >= 0.3 is 0 Å². The van der Waals surface area contributed by atoms with E-state index in [1.165, 1.54) is 68.7 Å². The third-order valence-electron chi connectivity index (χ3n) is 4.37. The molecule has 11 heteroatoms. The van der Waals surface area contributed by atoms with E-state index in [-0.39, 0.29) is 15.4 Å². The predicted octanol–water partition coefficient (Wildman–Crippen LogP) is 3.64. The van der Waals surface area contributed by atoms with Crippen LogP contribution in [0.4, 0.5) is 11.4 Å². The molecule has 0 aliphatic rings. The van der Waals surface area contributed by atoms with Gasteiger partial charge in [0.25, 0.3) is 15.9 Å². The minimum atomic E-state index is -3.85. The van der Waals surface area contributed by atoms with Crippen molar-refractivity contribution in [2.24, 2.45) is 0 Å². The number of carbonyl (C=O) groups is 1. The Morgan fingerprint density at radius 3 is 2.09 bits per heavy atom. The molecule has 2 N–H and O–H groups in total. The van der Waals surface area contributed by atoms with Gasteiger partial charge in [-0.2, -0.15) is 0 Å². The molecule has 32 heavy (non-hydrogen) atoms. The van der Waals surface area contributed by atoms with Crippen molar-refractivity contribution in [3.63, 3.8) is 0 Å². The summed E-state index contributed by atoms with van der Waals surface area (Å²) in [6, 6.07) is 17.5. The Bertz CT molecular complexity index is 1360. The molecule has 0 aliphatic heterocycles. The van der Waals surface area contributed by atoms with E-state index in [9.17, 15) is 21.6 Å². The van der Waals surface area contributed by atoms with Crippen LogP contribution < -0.4 is 10.0 Å². The number of nitrogens with one attached hydrogen (secondary N) is 2. The first-order chi connectivity index (χ1) is 15.0. The monoisotopic (exact) mass is 493 g/mol. The lowest BCUT2D eigenvalue weighted by Crippen LogP contribution is -2.22. The van der Waals surface area contributed by atoms with E-state index in [0.717, 1.165) is 4.31 Å². The highest BCUT2D eigenvalue weighted by atomic mass is 35.5. The average molecular weight is 494 g/mol. The van der Waals surface area contributed by atoms with Crippen molar-refractivity contribution in [1.29, 1.82) is 0 Å². The highest BCUT2D eigenvalue weighted by Gasteiger charge is 2.19. The van der Waals surface area contributed by atoms with Crippen molar-refractivity contribution in [2.75, 3.05) is 24.1 Å². The van der Waals surface area contributed by atoms with Crippen LogP contribution in [-0.4, -0.2) is 41.1 Å². The lowest BCUT2D eigenvalue weighted by Gasteiger charge is -2.12. The van der Waals surface area contributed by atoms with E-state index in [4.69, 9.17) is 11.6 Å². The van der Waals surface area contributed by atoms with Gasteiger partial charge in [0, 0.05) is 30.4 Å². The Morgan fingerprint density at radius 2 is 1.47 bits per heavy atom. The van der Waals surface area contributed by atoms with Gasteiger partial charge in [-0.05, 0) is 60.7 Å². The summed E-state index contributed by atoms with van der Waals surface area (Å²) in [5, 5.41) is 3.02. The Kier molecular flexibility index (Phi) is 6.89. The molecule has 0 saturated carbocycles. The number of sulfonamides is 2. The zero-order valence-electron chi connectivity index (χ0n) is 17.1. The van der Waals surface area contributed by atoms with Crippen LogP contribution in [0.15, 0.2) is 82.6 Å². The Hall–Kier alpha value is -2.92. The molecule has 0 aromatic heterocycles. The molecular weight excluding hydrogens is 474 g/mol. The van der Waals surface area contributed by atoms with Gasteiger partial charge in [0.2, 0.25) is 10.0 Å². The van der Waals surface area contributed by atoms with Crippen LogP contribution in [-0.2, 0) is 20.0 Å². The summed E-state index contributed by atoms with van der Waals surface area (Å²) in [6.45, 7) is 0. The second-order valence-corrected chi connectivity index (χ2v) is 11.2. The maximum atomic E-state index is 12.6. The van der Waals surface area contributed by atoms with E-state index in [0.29, 0.717) is 16.4 Å². The second-order valence-electron chi connectivity index (χ2n) is 6.91. The van der Waals surface area contributed by atoms with Crippen molar-refractivity contribution in [2.45, 2.75) is 9.79 Å². The molecular formula is C21H20ClN3O5S2. The first-order valence-corrected chi connectivity index (χ1v) is 12.5. The molecule has 0 atom stereocenters. The fraction of sp³-hybridized carbons (Fsp3) is 0.0952. The summed E-state index contributed by atoms with van der Waals surface area (Å²) >= 11 is 5.88. The van der Waals surface area contributed by atoms with Gasteiger partial charge in [-0.25, -0.2) is 21.1 Å². The number of hydrogen-bond donors (Lipinski definition) is 2. The molecule has 168 valence electrons. The van der Waals surface area contributed by atoms with Gasteiger partial charge in [0.1, 0.15) is 0 Å². The molecule has 0 unspecified atom stereocenters. The molecule has 3 rings (SSSR count). The Balaban J connectivity index is 1.75. The van der Waals surface area contributed by atoms with Gasteiger partial charge in [0.05, 0.1) is 15.5 Å². The van der Waals surface area contributed by atoms with Gasteiger partial charge in [-0.15, -0.1) is 0 Å². The summed E-state index contributed by atoms with van der Waals surface area (Å²) < 4.78 is 53.1. The summed E-state index contributed by atoms with van der Waals surface area (Å²) in [6.07, 6.45) is 0. The number of benzene rings is 3. The zero-order chi connectivity index (χ0) is 23.5. The van der Waals surface area contributed by atoms with E-state index in [1.54, 1.807) is 18.2 Å². The largest absolute Gasteiger partial charge is 0.322 e. The van der Waals surface area contributed by atoms with Crippen LogP contribution >= 0.6 is 11.6 Å². The minimum absolute atomic E-state index is 0.00505. The third kappa shape index (κ3) is 5.46. The lowest BCUT2D eigenvalue weighted by atomic mass is 10.2. The number of rotatable bonds is 7. The molecule has 0 aliphatic carbocycles. The highest BCUT2D eigenvalue weighted by molar-refractivity contribution is 7.92. The van der Waals surface area contributed by atoms with Crippen molar-refractivity contribution in [3.8, 4) is 0 Å². The smallest absolute Gasteiger partial charge is 0.261 e. The minimum Gasteiger partial charge on any atom is -0.322 e. The van der Waals surface area contributed by atoms with Crippen molar-refractivity contribution in [3.05, 3.63) is 83.4 Å². The second kappa shape index (κ2) is 9.29. The average Bonchev–Trinajstić information content (AvgIpc) is 2.74. The number of anilines is 2. The van der Waals surface area contributed by atoms with Crippen LogP contribution in [0.3, 0.4) is 0 Å². The van der Waals surface area contributed by atoms with Gasteiger partial charge in [-0.1, -0.05) is 23.7 Å². The van der Waals surface area contributed by atoms with E-state index < -0.39 is 26.0 Å². The number of nitrogens with zero attached hydrogens (tertiary/aromatic N) is 1. The van der Waals surface area contributed by atoms with Gasteiger partial charge in [0.15, 0.2) is 0 Å². The quantitative estimate of drug-likeness (QED) is 0.521. The van der Waals surface area contributed by atoms with Gasteiger partial charge in [-0.3, -0.25) is 9.52 Å². The number of carbonyl (C=O) groups excluding carboxylic acids is 1. The zero-order valence-corrected chi connectivity index (χ0v) is 19.5. The third-order valence-corrected chi connectivity index (χ3v) is 7.82. The van der Waals surface area contributed by atoms with Gasteiger partial charge < -0.3 is 5.32 Å². The van der Waals surface area contributed by atoms with Crippen LogP contribution in [0, 0.1) is 0 Å². The van der Waals surface area contributed by atoms with Crippen molar-refractivity contribution in [1.82, 2.24) is 4.31 Å². The fourth-order valence-corrected chi connectivity index (χ4v) is 4.88. The Morgan fingerprint density at radius 1 is 0.812 bits per heavy atom. The van der Waals surface area contributed by atoms with Crippen molar-refractivity contribution < 1.29 is 21.6 Å². The molecule has 0 bridgehead atoms. The molecule has 0 radical (unpaired) electrons. The number of halogens is 1. The molecule has 0 fully saturated rings. The molecule has 0 saturated heterocycles. The predicted molar refractivity (Wildman–Crippen MR) is 124 cm³/mol. The van der Waals surface area contributed by atoms with Crippen LogP contribution in [0.25, 0.3) is 0 Å². The van der Waals surface area contributed by atoms with E-state index in [1.807, 2.05) is 0 Å². The number of amides is 1. The number of hydrogen-bond acceptors (Lipinski definition) is 5. The van der Waals surface area contributed by atoms with E-state index >= 15 is 0 Å². The Labute approximate surface area is 191 Å². The van der Waals surface area contributed by atoms with Crippen LogP contribution in [0.1, 0.15) is 10.4 Å². The molecule has 1 amide bonds. The molecule has 3 aromatic rings. The summed E-state index contributed by atoms with van der Waals surface area (Å²) in [4.78, 5) is 12.5. The topological polar surface area (TPSA) is 113 Å². The molecule has 8 nitrogen and oxygen atoms in total. The van der Waals surface area contributed by atoms with Crippen molar-refractivity contribution >= 4 is 48.9 Å². The lowest BCUT2D eigenvalue weighted by molar-refractivity contribution is 0.102. The van der Waals surface area contributed by atoms with E-state index in [2.05, 4.69) is 10.0 Å². The maximum Gasteiger partial charge on any atom is 0.261 e. The molecule has 0 heterocycles. The first kappa shape index (κ1) is 23.7. The van der Waals surface area contributed by atoms with Crippen LogP contribution in [0.2, 0.25) is 5.02 Å². The summed E-state index contributed by atoms with van der Waals surface area (Å²) in [7, 11) is -4.73. The normalized spacial score (nSPS) is 11.9. The SMILES string of the molecule is CN(C)S(=O)(=O)c1cccc(C(=O)Nc2ccc(S(=O)(=O)Nc3cccc(Cl)c3)cc2)c1. The summed E-state index contributed by atoms with van der Waals surface area (Å²) in [5.41, 5.74) is 0.812. The maximum absolute atomic E-state index is 12.6. The fourth-order valence-electron chi connectivity index (χ4n) is 2.70. The standard InChI is InChI=1S/C21H20ClN3O5S2/c1-25(2)32(29,30)20-8-3-5-15(13-20)21(26)23-17-9-11-19(12-10-17)31(27,28)24-18-7-4-6-16(22)14-18/h3-14,24H,1-2H3,(H,23,26). The molecule has 3 aromatic carbocycles. The highest BCUT2D eigenvalue weighted by Crippen LogP contribution is 2.21.